The molecule has 8 heteroatoms. The van der Waals surface area contributed by atoms with E-state index in [0.717, 1.165) is 0 Å². The van der Waals surface area contributed by atoms with Crippen LogP contribution in [-0.4, -0.2) is 41.9 Å². The van der Waals surface area contributed by atoms with Gasteiger partial charge in [0.2, 0.25) is 10.0 Å². The number of imide groups is 1. The van der Waals surface area contributed by atoms with E-state index in [4.69, 9.17) is 5.11 Å². The number of carboxylic acid groups (broad SMARTS) is 1. The van der Waals surface area contributed by atoms with Crippen LogP contribution in [0, 0.1) is 0 Å². The second kappa shape index (κ2) is 4.96. The monoisotopic (exact) mass is 271 g/mol. The molecule has 0 saturated heterocycles. The van der Waals surface area contributed by atoms with E-state index in [0.29, 0.717) is 6.26 Å². The molecule has 0 aliphatic rings. The van der Waals surface area contributed by atoms with Gasteiger partial charge in [-0.1, -0.05) is 18.2 Å². The Bertz CT molecular complexity index is 592. The Morgan fingerprint density at radius 3 is 2.00 bits per heavy atom. The number of hydrogen-bond donors (Lipinski definition) is 1. The number of rotatable bonds is 2. The Labute approximate surface area is 103 Å². The van der Waals surface area contributed by atoms with Crippen LogP contribution in [0.1, 0.15) is 10.4 Å². The molecular formula is C10H9NO6S. The summed E-state index contributed by atoms with van der Waals surface area (Å²) in [4.78, 5) is 33.5. The minimum absolute atomic E-state index is 0.0995. The summed E-state index contributed by atoms with van der Waals surface area (Å²) in [6.07, 6.45) is 0.578. The Balaban J connectivity index is 3.26. The van der Waals surface area contributed by atoms with Gasteiger partial charge in [0.15, 0.2) is 0 Å². The minimum atomic E-state index is -4.30. The highest BCUT2D eigenvalue weighted by atomic mass is 32.2. The van der Waals surface area contributed by atoms with Crippen molar-refractivity contribution in [3.8, 4) is 0 Å². The van der Waals surface area contributed by atoms with E-state index in [1.54, 1.807) is 6.07 Å². The second-order valence-corrected chi connectivity index (χ2v) is 5.14. The SMILES string of the molecule is CS(=O)(=O)N(C(=O)C(=O)O)C(=O)c1ccccc1. The lowest BCUT2D eigenvalue weighted by Gasteiger charge is -2.15. The second-order valence-electron chi connectivity index (χ2n) is 3.31. The first-order valence-corrected chi connectivity index (χ1v) is 6.47. The molecule has 0 heterocycles. The third-order valence-corrected chi connectivity index (χ3v) is 2.90. The molecule has 1 aromatic carbocycles. The van der Waals surface area contributed by atoms with Crippen molar-refractivity contribution >= 4 is 27.8 Å². The number of benzene rings is 1. The van der Waals surface area contributed by atoms with Gasteiger partial charge in [0.05, 0.1) is 6.26 Å². The van der Waals surface area contributed by atoms with Gasteiger partial charge in [-0.05, 0) is 12.1 Å². The molecule has 0 unspecified atom stereocenters. The highest BCUT2D eigenvalue weighted by Crippen LogP contribution is 2.09. The lowest BCUT2D eigenvalue weighted by molar-refractivity contribution is -0.152. The molecule has 0 spiro atoms. The quantitative estimate of drug-likeness (QED) is 0.740. The number of carboxylic acids is 1. The van der Waals surface area contributed by atoms with E-state index >= 15 is 0 Å². The standard InChI is InChI=1S/C10H9NO6S/c1-18(16,17)11(9(13)10(14)15)8(12)7-5-3-2-4-6-7/h2-6H,1H3,(H,14,15). The smallest absolute Gasteiger partial charge is 0.396 e. The van der Waals surface area contributed by atoms with Crippen LogP contribution in [0.25, 0.3) is 0 Å². The van der Waals surface area contributed by atoms with Crippen LogP contribution in [0.3, 0.4) is 0 Å². The fraction of sp³-hybridized carbons (Fsp3) is 0.100. The maximum absolute atomic E-state index is 11.8. The van der Waals surface area contributed by atoms with E-state index in [-0.39, 0.29) is 9.87 Å². The molecule has 2 amide bonds. The van der Waals surface area contributed by atoms with Crippen molar-refractivity contribution in [2.24, 2.45) is 0 Å². The number of hydrogen-bond acceptors (Lipinski definition) is 5. The number of aliphatic carboxylic acids is 1. The summed E-state index contributed by atoms with van der Waals surface area (Å²) in [5, 5.41) is 8.50. The molecule has 0 fully saturated rings. The molecule has 0 aromatic heterocycles. The minimum Gasteiger partial charge on any atom is -0.474 e. The van der Waals surface area contributed by atoms with Gasteiger partial charge in [-0.25, -0.2) is 13.2 Å². The van der Waals surface area contributed by atoms with E-state index in [2.05, 4.69) is 0 Å². The van der Waals surface area contributed by atoms with Crippen LogP contribution in [0.5, 0.6) is 0 Å². The van der Waals surface area contributed by atoms with Crippen molar-refractivity contribution in [2.75, 3.05) is 6.26 Å². The number of nitrogens with zero attached hydrogens (tertiary/aromatic N) is 1. The van der Waals surface area contributed by atoms with Gasteiger partial charge in [0.25, 0.3) is 5.91 Å². The summed E-state index contributed by atoms with van der Waals surface area (Å²) < 4.78 is 22.4. The molecule has 0 saturated carbocycles. The van der Waals surface area contributed by atoms with E-state index in [1.807, 2.05) is 0 Å². The Morgan fingerprint density at radius 2 is 1.61 bits per heavy atom. The van der Waals surface area contributed by atoms with Crippen LogP contribution in [0.15, 0.2) is 30.3 Å². The fourth-order valence-corrected chi connectivity index (χ4v) is 1.96. The number of carbonyl (C=O) groups is 3. The molecule has 0 bridgehead atoms. The number of sulfonamides is 1. The number of amides is 2. The van der Waals surface area contributed by atoms with Crippen LogP contribution >= 0.6 is 0 Å². The first kappa shape index (κ1) is 13.8. The molecule has 96 valence electrons. The summed E-state index contributed by atoms with van der Waals surface area (Å²) in [5.74, 6) is -5.04. The van der Waals surface area contributed by atoms with Crippen molar-refractivity contribution in [1.82, 2.24) is 4.31 Å². The predicted octanol–water partition coefficient (Wildman–Crippen LogP) is -0.300. The van der Waals surface area contributed by atoms with Crippen molar-refractivity contribution in [1.29, 1.82) is 0 Å². The van der Waals surface area contributed by atoms with Gasteiger partial charge in [-0.15, -0.1) is 0 Å². The summed E-state index contributed by atoms with van der Waals surface area (Å²) in [7, 11) is -4.30. The van der Waals surface area contributed by atoms with Gasteiger partial charge in [0, 0.05) is 5.56 Å². The Morgan fingerprint density at radius 1 is 1.11 bits per heavy atom. The van der Waals surface area contributed by atoms with Crippen molar-refractivity contribution in [3.05, 3.63) is 35.9 Å². The maximum atomic E-state index is 11.8. The lowest BCUT2D eigenvalue weighted by atomic mass is 10.2. The number of carbonyl (C=O) groups excluding carboxylic acids is 2. The summed E-state index contributed by atoms with van der Waals surface area (Å²) in [6.45, 7) is 0. The first-order valence-electron chi connectivity index (χ1n) is 4.62. The first-order chi connectivity index (χ1) is 8.25. The molecule has 0 atom stereocenters. The topological polar surface area (TPSA) is 109 Å². The zero-order valence-corrected chi connectivity index (χ0v) is 10.0. The third-order valence-electron chi connectivity index (χ3n) is 1.90. The van der Waals surface area contributed by atoms with Crippen LogP contribution in [0.2, 0.25) is 0 Å². The average molecular weight is 271 g/mol. The zero-order chi connectivity index (χ0) is 13.9. The summed E-state index contributed by atoms with van der Waals surface area (Å²) >= 11 is 0. The molecule has 1 N–H and O–H groups in total. The van der Waals surface area contributed by atoms with Gasteiger partial charge in [0.1, 0.15) is 0 Å². The lowest BCUT2D eigenvalue weighted by Crippen LogP contribution is -2.44. The van der Waals surface area contributed by atoms with Gasteiger partial charge in [-0.2, -0.15) is 4.31 Å². The normalized spacial score (nSPS) is 10.7. The summed E-state index contributed by atoms with van der Waals surface area (Å²) in [5.41, 5.74) is -0.0995. The Hall–Kier alpha value is -2.22. The average Bonchev–Trinajstić information content (AvgIpc) is 2.28. The van der Waals surface area contributed by atoms with Gasteiger partial charge >= 0.3 is 11.9 Å². The van der Waals surface area contributed by atoms with E-state index in [1.165, 1.54) is 24.3 Å². The molecule has 0 radical (unpaired) electrons. The molecule has 7 nitrogen and oxygen atoms in total. The molecule has 18 heavy (non-hydrogen) atoms. The van der Waals surface area contributed by atoms with E-state index < -0.39 is 27.8 Å². The highest BCUT2D eigenvalue weighted by molar-refractivity contribution is 7.89. The third kappa shape index (κ3) is 2.92. The highest BCUT2D eigenvalue weighted by Gasteiger charge is 2.35. The van der Waals surface area contributed by atoms with E-state index in [9.17, 15) is 22.8 Å². The summed E-state index contributed by atoms with van der Waals surface area (Å²) in [6, 6.07) is 7.05. The van der Waals surface area contributed by atoms with Crippen LogP contribution in [0.4, 0.5) is 0 Å². The fourth-order valence-electron chi connectivity index (χ4n) is 1.18. The molecule has 0 aliphatic carbocycles. The van der Waals surface area contributed by atoms with Gasteiger partial charge < -0.3 is 5.11 Å². The molecule has 1 rings (SSSR count). The van der Waals surface area contributed by atoms with Crippen LogP contribution in [-0.2, 0) is 19.6 Å². The predicted molar refractivity (Wildman–Crippen MR) is 60.1 cm³/mol. The van der Waals surface area contributed by atoms with Gasteiger partial charge in [-0.3, -0.25) is 9.59 Å². The molecular weight excluding hydrogens is 262 g/mol. The van der Waals surface area contributed by atoms with Crippen LogP contribution < -0.4 is 0 Å². The van der Waals surface area contributed by atoms with Crippen molar-refractivity contribution in [2.45, 2.75) is 0 Å². The van der Waals surface area contributed by atoms with Crippen molar-refractivity contribution in [3.63, 3.8) is 0 Å². The zero-order valence-electron chi connectivity index (χ0n) is 9.23. The molecule has 1 aromatic rings. The van der Waals surface area contributed by atoms with Crippen molar-refractivity contribution < 1.29 is 27.9 Å². The maximum Gasteiger partial charge on any atom is 0.396 e. The molecule has 0 aliphatic heterocycles. The largest absolute Gasteiger partial charge is 0.474 e. The Kier molecular flexibility index (Phi) is 3.82.